The van der Waals surface area contributed by atoms with Crippen LogP contribution in [-0.2, 0) is 6.54 Å². The molecule has 6 heteroatoms. The molecule has 3 rings (SSSR count). The molecule has 96 valence electrons. The van der Waals surface area contributed by atoms with Crippen molar-refractivity contribution in [3.05, 3.63) is 53.0 Å². The number of benzene rings is 1. The van der Waals surface area contributed by atoms with Gasteiger partial charge in [0.25, 0.3) is 0 Å². The smallest absolute Gasteiger partial charge is 0.138 e. The third-order valence-corrected chi connectivity index (χ3v) is 3.52. The van der Waals surface area contributed by atoms with Crippen LogP contribution in [0.5, 0.6) is 0 Å². The largest absolute Gasteiger partial charge is 0.378 e. The van der Waals surface area contributed by atoms with Gasteiger partial charge in [0.2, 0.25) is 0 Å². The molecule has 0 saturated carbocycles. The minimum absolute atomic E-state index is 0.704. The number of nitrogens with one attached hydrogen (secondary N) is 1. The van der Waals surface area contributed by atoms with Crippen molar-refractivity contribution >= 4 is 17.0 Å². The van der Waals surface area contributed by atoms with Crippen molar-refractivity contribution in [2.45, 2.75) is 13.5 Å². The molecule has 1 aromatic carbocycles. The highest BCUT2D eigenvalue weighted by atomic mass is 32.1. The van der Waals surface area contributed by atoms with Crippen molar-refractivity contribution in [2.24, 2.45) is 0 Å². The SMILES string of the molecule is Cc1nc(CNc2ccccc2-n2cncn2)cs1. The van der Waals surface area contributed by atoms with Crippen LogP contribution in [0, 0.1) is 6.92 Å². The Balaban J connectivity index is 1.81. The molecule has 19 heavy (non-hydrogen) atoms. The summed E-state index contributed by atoms with van der Waals surface area (Å²) in [5.41, 5.74) is 3.04. The second-order valence-corrected chi connectivity index (χ2v) is 5.13. The molecule has 0 spiro atoms. The van der Waals surface area contributed by atoms with Crippen LogP contribution >= 0.6 is 11.3 Å². The number of hydrogen-bond acceptors (Lipinski definition) is 5. The quantitative estimate of drug-likeness (QED) is 0.792. The van der Waals surface area contributed by atoms with Gasteiger partial charge in [0.1, 0.15) is 12.7 Å². The first-order valence-electron chi connectivity index (χ1n) is 5.92. The molecule has 0 amide bonds. The molecule has 0 atom stereocenters. The van der Waals surface area contributed by atoms with Gasteiger partial charge in [0, 0.05) is 5.38 Å². The summed E-state index contributed by atoms with van der Waals surface area (Å²) in [6.07, 6.45) is 3.22. The molecule has 0 saturated heterocycles. The van der Waals surface area contributed by atoms with E-state index in [0.717, 1.165) is 22.1 Å². The van der Waals surface area contributed by atoms with Gasteiger partial charge in [-0.3, -0.25) is 0 Å². The molecule has 0 unspecified atom stereocenters. The Hall–Kier alpha value is -2.21. The molecule has 0 fully saturated rings. The Morgan fingerprint density at radius 3 is 2.95 bits per heavy atom. The van der Waals surface area contributed by atoms with E-state index in [4.69, 9.17) is 0 Å². The van der Waals surface area contributed by atoms with E-state index in [-0.39, 0.29) is 0 Å². The van der Waals surface area contributed by atoms with Crippen molar-refractivity contribution < 1.29 is 0 Å². The molecule has 5 nitrogen and oxygen atoms in total. The Morgan fingerprint density at radius 2 is 2.21 bits per heavy atom. The number of hydrogen-bond donors (Lipinski definition) is 1. The second-order valence-electron chi connectivity index (χ2n) is 4.07. The fourth-order valence-electron chi connectivity index (χ4n) is 1.83. The van der Waals surface area contributed by atoms with Gasteiger partial charge < -0.3 is 5.32 Å². The molecular weight excluding hydrogens is 258 g/mol. The number of nitrogens with zero attached hydrogens (tertiary/aromatic N) is 4. The molecule has 2 aromatic heterocycles. The van der Waals surface area contributed by atoms with Crippen LogP contribution in [0.2, 0.25) is 0 Å². The Morgan fingerprint density at radius 1 is 1.32 bits per heavy atom. The molecule has 3 aromatic rings. The molecule has 0 aliphatic rings. The number of anilines is 1. The Labute approximate surface area is 115 Å². The first kappa shape index (κ1) is 11.9. The van der Waals surface area contributed by atoms with Gasteiger partial charge in [0.15, 0.2) is 0 Å². The van der Waals surface area contributed by atoms with Crippen LogP contribution in [0.4, 0.5) is 5.69 Å². The molecule has 1 N–H and O–H groups in total. The minimum Gasteiger partial charge on any atom is -0.378 e. The van der Waals surface area contributed by atoms with E-state index in [1.54, 1.807) is 22.3 Å². The maximum absolute atomic E-state index is 4.44. The fraction of sp³-hybridized carbons (Fsp3) is 0.154. The zero-order valence-corrected chi connectivity index (χ0v) is 11.3. The zero-order valence-electron chi connectivity index (χ0n) is 10.4. The van der Waals surface area contributed by atoms with Crippen LogP contribution in [0.25, 0.3) is 5.69 Å². The molecule has 0 radical (unpaired) electrons. The summed E-state index contributed by atoms with van der Waals surface area (Å²) in [4.78, 5) is 8.41. The van der Waals surface area contributed by atoms with Gasteiger partial charge in [-0.15, -0.1) is 11.3 Å². The number of rotatable bonds is 4. The first-order valence-corrected chi connectivity index (χ1v) is 6.80. The first-order chi connectivity index (χ1) is 9.33. The van der Waals surface area contributed by atoms with Gasteiger partial charge in [-0.1, -0.05) is 12.1 Å². The van der Waals surface area contributed by atoms with E-state index in [9.17, 15) is 0 Å². The monoisotopic (exact) mass is 271 g/mol. The van der Waals surface area contributed by atoms with Crippen LogP contribution in [-0.4, -0.2) is 19.7 Å². The molecule has 0 aliphatic carbocycles. The van der Waals surface area contributed by atoms with Gasteiger partial charge in [0.05, 0.1) is 28.6 Å². The van der Waals surface area contributed by atoms with Crippen LogP contribution in [0.1, 0.15) is 10.7 Å². The Kier molecular flexibility index (Phi) is 3.24. The summed E-state index contributed by atoms with van der Waals surface area (Å²) in [5.74, 6) is 0. The molecular formula is C13H13N5S. The highest BCUT2D eigenvalue weighted by molar-refractivity contribution is 7.09. The van der Waals surface area contributed by atoms with E-state index in [2.05, 4.69) is 25.8 Å². The highest BCUT2D eigenvalue weighted by Crippen LogP contribution is 2.19. The third-order valence-electron chi connectivity index (χ3n) is 2.70. The maximum atomic E-state index is 4.44. The van der Waals surface area contributed by atoms with E-state index in [1.807, 2.05) is 31.2 Å². The summed E-state index contributed by atoms with van der Waals surface area (Å²) in [6, 6.07) is 8.00. The standard InChI is InChI=1S/C13H13N5S/c1-10-17-11(7-19-10)6-15-12-4-2-3-5-13(12)18-9-14-8-16-18/h2-5,7-9,15H,6H2,1H3. The lowest BCUT2D eigenvalue weighted by Crippen LogP contribution is -2.05. The van der Waals surface area contributed by atoms with Crippen molar-refractivity contribution in [3.8, 4) is 5.69 Å². The van der Waals surface area contributed by atoms with E-state index < -0.39 is 0 Å². The summed E-state index contributed by atoms with van der Waals surface area (Å²) < 4.78 is 1.74. The van der Waals surface area contributed by atoms with Gasteiger partial charge in [-0.25, -0.2) is 14.6 Å². The minimum atomic E-state index is 0.704. The molecule has 0 aliphatic heterocycles. The normalized spacial score (nSPS) is 10.6. The van der Waals surface area contributed by atoms with Crippen molar-refractivity contribution in [2.75, 3.05) is 5.32 Å². The number of para-hydroxylation sites is 2. The summed E-state index contributed by atoms with van der Waals surface area (Å²) >= 11 is 1.66. The second kappa shape index (κ2) is 5.19. The number of thiazole rings is 1. The third kappa shape index (κ3) is 2.63. The van der Waals surface area contributed by atoms with Gasteiger partial charge in [-0.05, 0) is 19.1 Å². The van der Waals surface area contributed by atoms with E-state index in [1.165, 1.54) is 6.33 Å². The Bertz CT molecular complexity index is 659. The van der Waals surface area contributed by atoms with Crippen molar-refractivity contribution in [1.82, 2.24) is 19.7 Å². The van der Waals surface area contributed by atoms with Crippen LogP contribution < -0.4 is 5.32 Å². The van der Waals surface area contributed by atoms with E-state index in [0.29, 0.717) is 6.54 Å². The summed E-state index contributed by atoms with van der Waals surface area (Å²) in [5, 5.41) is 10.7. The lowest BCUT2D eigenvalue weighted by Gasteiger charge is -2.10. The van der Waals surface area contributed by atoms with Crippen molar-refractivity contribution in [3.63, 3.8) is 0 Å². The zero-order chi connectivity index (χ0) is 13.1. The molecule has 0 bridgehead atoms. The number of aryl methyl sites for hydroxylation is 1. The van der Waals surface area contributed by atoms with Gasteiger partial charge in [-0.2, -0.15) is 5.10 Å². The fourth-order valence-corrected chi connectivity index (χ4v) is 2.44. The highest BCUT2D eigenvalue weighted by Gasteiger charge is 2.05. The summed E-state index contributed by atoms with van der Waals surface area (Å²) in [7, 11) is 0. The van der Waals surface area contributed by atoms with Crippen molar-refractivity contribution in [1.29, 1.82) is 0 Å². The average molecular weight is 271 g/mol. The summed E-state index contributed by atoms with van der Waals surface area (Å²) in [6.45, 7) is 2.72. The topological polar surface area (TPSA) is 55.6 Å². The number of aromatic nitrogens is 4. The maximum Gasteiger partial charge on any atom is 0.138 e. The predicted octanol–water partition coefficient (Wildman–Crippen LogP) is 2.64. The van der Waals surface area contributed by atoms with Crippen LogP contribution in [0.3, 0.4) is 0 Å². The lowest BCUT2D eigenvalue weighted by atomic mass is 10.2. The average Bonchev–Trinajstić information content (AvgIpc) is 3.08. The lowest BCUT2D eigenvalue weighted by molar-refractivity contribution is 0.877. The van der Waals surface area contributed by atoms with Crippen LogP contribution in [0.15, 0.2) is 42.3 Å². The molecule has 2 heterocycles. The van der Waals surface area contributed by atoms with Gasteiger partial charge >= 0.3 is 0 Å². The van der Waals surface area contributed by atoms with E-state index >= 15 is 0 Å². The predicted molar refractivity (Wildman–Crippen MR) is 75.5 cm³/mol.